The molecule has 2 heterocycles. The molecule has 0 fully saturated rings. The molecule has 0 saturated carbocycles. The molecule has 0 aliphatic carbocycles. The summed E-state index contributed by atoms with van der Waals surface area (Å²) in [5, 5.41) is 9.98. The minimum absolute atomic E-state index is 0.0799. The molecule has 0 spiro atoms. The Morgan fingerprint density at radius 3 is 2.50 bits per heavy atom. The lowest BCUT2D eigenvalue weighted by atomic mass is 10.2. The molecule has 0 N–H and O–H groups in total. The van der Waals surface area contributed by atoms with E-state index in [0.29, 0.717) is 16.9 Å². The molecule has 3 aromatic carbocycles. The topological polar surface area (TPSA) is 61.4 Å². The quantitative estimate of drug-likeness (QED) is 0.391. The lowest BCUT2D eigenvalue weighted by Gasteiger charge is -2.11. The first-order valence-electron chi connectivity index (χ1n) is 9.49. The third kappa shape index (κ3) is 3.23. The summed E-state index contributed by atoms with van der Waals surface area (Å²) in [7, 11) is 1.72. The summed E-state index contributed by atoms with van der Waals surface area (Å²) in [6.45, 7) is 0. The molecule has 0 aliphatic rings. The Kier molecular flexibility index (Phi) is 4.72. The van der Waals surface area contributed by atoms with Crippen molar-refractivity contribution in [3.8, 4) is 11.5 Å². The van der Waals surface area contributed by atoms with Gasteiger partial charge in [0.15, 0.2) is 5.16 Å². The van der Waals surface area contributed by atoms with Crippen LogP contribution in [0.25, 0.3) is 16.7 Å². The van der Waals surface area contributed by atoms with Crippen LogP contribution in [0.4, 0.5) is 0 Å². The van der Waals surface area contributed by atoms with Gasteiger partial charge in [0.2, 0.25) is 5.78 Å². The molecule has 5 rings (SSSR count). The Bertz CT molecular complexity index is 1410. The normalized spacial score (nSPS) is 11.2. The van der Waals surface area contributed by atoms with Crippen LogP contribution in [0.1, 0.15) is 5.56 Å². The highest BCUT2D eigenvalue weighted by Gasteiger charge is 2.15. The van der Waals surface area contributed by atoms with Crippen molar-refractivity contribution in [2.24, 2.45) is 7.05 Å². The fourth-order valence-electron chi connectivity index (χ4n) is 3.39. The second-order valence-corrected chi connectivity index (χ2v) is 7.75. The van der Waals surface area contributed by atoms with Crippen LogP contribution in [0.5, 0.6) is 11.5 Å². The van der Waals surface area contributed by atoms with Gasteiger partial charge in [-0.25, -0.2) is 0 Å². The molecule has 0 unspecified atom stereocenters. The highest BCUT2D eigenvalue weighted by Crippen LogP contribution is 2.31. The van der Waals surface area contributed by atoms with Crippen molar-refractivity contribution in [3.63, 3.8) is 0 Å². The third-order valence-electron chi connectivity index (χ3n) is 4.90. The van der Waals surface area contributed by atoms with E-state index in [4.69, 9.17) is 4.74 Å². The standard InChI is InChI=1S/C23H18N4O2S/c1-26-21(28)18-12-6-7-13-19(18)27-22(26)24-25-23(27)30-15-16-9-5-8-14-20(16)29-17-10-3-2-4-11-17/h2-14H,15H2,1H3. The SMILES string of the molecule is Cn1c(=O)c2ccccc2n2c(SCc3ccccc3Oc3ccccc3)nnc12. The molecular formula is C23H18N4O2S. The lowest BCUT2D eigenvalue weighted by molar-refractivity contribution is 0.478. The highest BCUT2D eigenvalue weighted by atomic mass is 32.2. The van der Waals surface area contributed by atoms with E-state index in [1.54, 1.807) is 18.8 Å². The minimum atomic E-state index is -0.0799. The maximum absolute atomic E-state index is 12.6. The highest BCUT2D eigenvalue weighted by molar-refractivity contribution is 7.98. The fraction of sp³-hybridized carbons (Fsp3) is 0.0870. The average Bonchev–Trinajstić information content (AvgIpc) is 3.22. The molecule has 0 amide bonds. The van der Waals surface area contributed by atoms with Gasteiger partial charge >= 0.3 is 0 Å². The monoisotopic (exact) mass is 414 g/mol. The van der Waals surface area contributed by atoms with Crippen molar-refractivity contribution in [2.75, 3.05) is 0 Å². The predicted octanol–water partition coefficient (Wildman–Crippen LogP) is 4.67. The number of rotatable bonds is 5. The number of thioether (sulfide) groups is 1. The predicted molar refractivity (Wildman–Crippen MR) is 118 cm³/mol. The molecule has 6 nitrogen and oxygen atoms in total. The summed E-state index contributed by atoms with van der Waals surface area (Å²) >= 11 is 1.56. The zero-order chi connectivity index (χ0) is 20.5. The molecule has 7 heteroatoms. The lowest BCUT2D eigenvalue weighted by Crippen LogP contribution is -2.20. The second kappa shape index (κ2) is 7.68. The number of ether oxygens (including phenoxy) is 1. The van der Waals surface area contributed by atoms with Gasteiger partial charge in [-0.05, 0) is 30.3 Å². The summed E-state index contributed by atoms with van der Waals surface area (Å²) in [6, 6.07) is 25.2. The van der Waals surface area contributed by atoms with Gasteiger partial charge < -0.3 is 4.74 Å². The van der Waals surface area contributed by atoms with Gasteiger partial charge in [-0.15, -0.1) is 10.2 Å². The zero-order valence-electron chi connectivity index (χ0n) is 16.2. The molecular weight excluding hydrogens is 396 g/mol. The average molecular weight is 414 g/mol. The molecule has 5 aromatic rings. The number of nitrogens with zero attached hydrogens (tertiary/aromatic N) is 4. The number of aromatic nitrogens is 4. The molecule has 30 heavy (non-hydrogen) atoms. The van der Waals surface area contributed by atoms with Crippen LogP contribution < -0.4 is 10.3 Å². The Hall–Kier alpha value is -3.58. The fourth-order valence-corrected chi connectivity index (χ4v) is 4.32. The van der Waals surface area contributed by atoms with Crippen LogP contribution in [0.2, 0.25) is 0 Å². The molecule has 2 aromatic heterocycles. The second-order valence-electron chi connectivity index (χ2n) is 6.81. The zero-order valence-corrected chi connectivity index (χ0v) is 17.0. The summed E-state index contributed by atoms with van der Waals surface area (Å²) in [5.41, 5.74) is 1.78. The van der Waals surface area contributed by atoms with E-state index in [1.165, 1.54) is 4.57 Å². The first-order chi connectivity index (χ1) is 14.7. The minimum Gasteiger partial charge on any atom is -0.457 e. The van der Waals surface area contributed by atoms with Crippen LogP contribution in [-0.2, 0) is 12.8 Å². The van der Waals surface area contributed by atoms with Crippen molar-refractivity contribution in [1.82, 2.24) is 19.2 Å². The first-order valence-corrected chi connectivity index (χ1v) is 10.5. The molecule has 0 atom stereocenters. The number of benzene rings is 3. The molecule has 0 bridgehead atoms. The Morgan fingerprint density at radius 1 is 0.900 bits per heavy atom. The van der Waals surface area contributed by atoms with E-state index < -0.39 is 0 Å². The van der Waals surface area contributed by atoms with E-state index >= 15 is 0 Å². The van der Waals surface area contributed by atoms with E-state index in [1.807, 2.05) is 83.3 Å². The number of para-hydroxylation sites is 3. The van der Waals surface area contributed by atoms with E-state index in [0.717, 1.165) is 27.7 Å². The van der Waals surface area contributed by atoms with Crippen molar-refractivity contribution < 1.29 is 4.74 Å². The largest absolute Gasteiger partial charge is 0.457 e. The summed E-state index contributed by atoms with van der Waals surface area (Å²) < 4.78 is 9.54. The van der Waals surface area contributed by atoms with Crippen LogP contribution in [0, 0.1) is 0 Å². The van der Waals surface area contributed by atoms with Crippen molar-refractivity contribution in [2.45, 2.75) is 10.9 Å². The molecule has 148 valence electrons. The maximum atomic E-state index is 12.6. The van der Waals surface area contributed by atoms with Gasteiger partial charge in [-0.1, -0.05) is 60.3 Å². The van der Waals surface area contributed by atoms with Gasteiger partial charge in [0.1, 0.15) is 11.5 Å². The van der Waals surface area contributed by atoms with Crippen LogP contribution >= 0.6 is 11.8 Å². The molecule has 0 radical (unpaired) electrons. The first kappa shape index (κ1) is 18.4. The van der Waals surface area contributed by atoms with Crippen LogP contribution in [-0.4, -0.2) is 19.2 Å². The van der Waals surface area contributed by atoms with Crippen molar-refractivity contribution in [1.29, 1.82) is 0 Å². The van der Waals surface area contributed by atoms with E-state index in [-0.39, 0.29) is 5.56 Å². The van der Waals surface area contributed by atoms with Crippen LogP contribution in [0.15, 0.2) is 88.8 Å². The van der Waals surface area contributed by atoms with Crippen molar-refractivity contribution >= 4 is 28.4 Å². The smallest absolute Gasteiger partial charge is 0.262 e. The Labute approximate surface area is 176 Å². The molecule has 0 aliphatic heterocycles. The van der Waals surface area contributed by atoms with Gasteiger partial charge in [0.25, 0.3) is 5.56 Å². The summed E-state index contributed by atoms with van der Waals surface area (Å²) in [5.74, 6) is 2.78. The van der Waals surface area contributed by atoms with Gasteiger partial charge in [-0.3, -0.25) is 13.8 Å². The molecule has 0 saturated heterocycles. The van der Waals surface area contributed by atoms with E-state index in [9.17, 15) is 4.79 Å². The number of hydrogen-bond donors (Lipinski definition) is 0. The number of hydrogen-bond acceptors (Lipinski definition) is 5. The maximum Gasteiger partial charge on any atom is 0.262 e. The van der Waals surface area contributed by atoms with Crippen molar-refractivity contribution in [3.05, 3.63) is 94.8 Å². The summed E-state index contributed by atoms with van der Waals surface area (Å²) in [4.78, 5) is 12.6. The van der Waals surface area contributed by atoms with E-state index in [2.05, 4.69) is 10.2 Å². The van der Waals surface area contributed by atoms with Crippen LogP contribution in [0.3, 0.4) is 0 Å². The summed E-state index contributed by atoms with van der Waals surface area (Å²) in [6.07, 6.45) is 0. The van der Waals surface area contributed by atoms with Gasteiger partial charge in [-0.2, -0.15) is 0 Å². The number of fused-ring (bicyclic) bond motifs is 3. The third-order valence-corrected chi connectivity index (χ3v) is 5.87. The Balaban J connectivity index is 1.51. The Morgan fingerprint density at radius 2 is 1.63 bits per heavy atom. The number of aryl methyl sites for hydroxylation is 1. The van der Waals surface area contributed by atoms with Gasteiger partial charge in [0, 0.05) is 18.4 Å². The van der Waals surface area contributed by atoms with Gasteiger partial charge in [0.05, 0.1) is 10.9 Å².